The van der Waals surface area contributed by atoms with Crippen LogP contribution >= 0.6 is 0 Å². The average molecular weight is 445 g/mol. The first-order valence-electron chi connectivity index (χ1n) is 10.7. The Morgan fingerprint density at radius 3 is 2.62 bits per heavy atom. The average Bonchev–Trinajstić information content (AvgIpc) is 3.28. The largest absolute Gasteiger partial charge is 0.451 e. The fraction of sp³-hybridized carbons (Fsp3) is 0.435. The molecule has 0 fully saturated rings. The molecule has 1 aromatic heterocycles. The molecule has 1 atom stereocenters. The van der Waals surface area contributed by atoms with Crippen molar-refractivity contribution < 1.29 is 24.0 Å². The molecule has 0 aliphatic carbocycles. The topological polar surface area (TPSA) is 115 Å². The molecule has 2 aromatic rings. The fourth-order valence-electron chi connectivity index (χ4n) is 3.21. The van der Waals surface area contributed by atoms with Crippen molar-refractivity contribution in [3.8, 4) is 11.3 Å². The number of hydrogen-bond donors (Lipinski definition) is 3. The van der Waals surface area contributed by atoms with Gasteiger partial charge in [-0.05, 0) is 30.7 Å². The van der Waals surface area contributed by atoms with E-state index in [1.54, 1.807) is 12.1 Å². The molecule has 0 aliphatic rings. The lowest BCUT2D eigenvalue weighted by atomic mass is 10.0. The van der Waals surface area contributed by atoms with Gasteiger partial charge in [0, 0.05) is 25.3 Å². The van der Waals surface area contributed by atoms with E-state index in [4.69, 9.17) is 4.42 Å². The first-order chi connectivity index (χ1) is 15.3. The van der Waals surface area contributed by atoms with Gasteiger partial charge in [0.2, 0.25) is 12.3 Å². The minimum Gasteiger partial charge on any atom is -0.451 e. The Balaban J connectivity index is 1.91. The number of carbonyl (C=O) groups is 3. The van der Waals surface area contributed by atoms with Crippen molar-refractivity contribution in [3.05, 3.63) is 42.2 Å². The van der Waals surface area contributed by atoms with Crippen LogP contribution in [0.15, 0.2) is 40.8 Å². The van der Waals surface area contributed by atoms with Crippen molar-refractivity contribution >= 4 is 23.9 Å². The molecule has 3 amide bonds. The molecule has 3 N–H and O–H groups in total. The number of amides is 3. The number of benzene rings is 1. The summed E-state index contributed by atoms with van der Waals surface area (Å²) in [6, 6.07) is 11.1. The molecule has 0 saturated carbocycles. The van der Waals surface area contributed by atoms with E-state index in [1.807, 2.05) is 50.2 Å². The number of nitrogens with zero attached hydrogens (tertiary/aromatic N) is 2. The minimum atomic E-state index is -0.562. The van der Waals surface area contributed by atoms with Crippen molar-refractivity contribution in [1.82, 2.24) is 15.7 Å². The summed E-state index contributed by atoms with van der Waals surface area (Å²) < 4.78 is 5.68. The van der Waals surface area contributed by atoms with Crippen LogP contribution < -0.4 is 15.5 Å². The monoisotopic (exact) mass is 444 g/mol. The molecule has 174 valence electrons. The molecule has 32 heavy (non-hydrogen) atoms. The lowest BCUT2D eigenvalue weighted by molar-refractivity contribution is -0.154. The van der Waals surface area contributed by atoms with Gasteiger partial charge in [0.15, 0.2) is 5.76 Å². The lowest BCUT2D eigenvalue weighted by Gasteiger charge is -2.19. The third kappa shape index (κ3) is 7.42. The zero-order valence-corrected chi connectivity index (χ0v) is 18.8. The van der Waals surface area contributed by atoms with Gasteiger partial charge in [0.1, 0.15) is 5.76 Å². The van der Waals surface area contributed by atoms with Crippen LogP contribution in [-0.4, -0.2) is 55.8 Å². The first kappa shape index (κ1) is 24.9. The van der Waals surface area contributed by atoms with Crippen LogP contribution in [-0.2, 0) is 9.59 Å². The second kappa shape index (κ2) is 12.5. The van der Waals surface area contributed by atoms with Gasteiger partial charge in [-0.2, -0.15) is 0 Å². The summed E-state index contributed by atoms with van der Waals surface area (Å²) >= 11 is 0. The van der Waals surface area contributed by atoms with Gasteiger partial charge < -0.3 is 20.0 Å². The molecule has 0 bridgehead atoms. The summed E-state index contributed by atoms with van der Waals surface area (Å²) in [6.45, 7) is 1.86. The van der Waals surface area contributed by atoms with Crippen LogP contribution in [0.4, 0.5) is 5.69 Å². The Morgan fingerprint density at radius 2 is 1.94 bits per heavy atom. The van der Waals surface area contributed by atoms with E-state index in [-0.39, 0.29) is 31.3 Å². The number of furan rings is 1. The second-order valence-corrected chi connectivity index (χ2v) is 7.75. The van der Waals surface area contributed by atoms with Crippen LogP contribution in [0, 0.1) is 5.92 Å². The molecule has 0 spiro atoms. The first-order valence-corrected chi connectivity index (χ1v) is 10.7. The zero-order valence-electron chi connectivity index (χ0n) is 18.8. The highest BCUT2D eigenvalue weighted by atomic mass is 16.5. The maximum absolute atomic E-state index is 12.4. The number of anilines is 1. The molecule has 9 nitrogen and oxygen atoms in total. The lowest BCUT2D eigenvalue weighted by Crippen LogP contribution is -2.42. The van der Waals surface area contributed by atoms with Crippen molar-refractivity contribution in [2.75, 3.05) is 32.2 Å². The fourth-order valence-corrected chi connectivity index (χ4v) is 3.21. The van der Waals surface area contributed by atoms with Crippen molar-refractivity contribution in [1.29, 1.82) is 0 Å². The van der Waals surface area contributed by atoms with Gasteiger partial charge >= 0.3 is 0 Å². The van der Waals surface area contributed by atoms with Crippen molar-refractivity contribution in [2.24, 2.45) is 5.92 Å². The summed E-state index contributed by atoms with van der Waals surface area (Å²) in [4.78, 5) is 37.5. The second-order valence-electron chi connectivity index (χ2n) is 7.75. The van der Waals surface area contributed by atoms with Crippen LogP contribution in [0.5, 0.6) is 0 Å². The maximum Gasteiger partial charge on any atom is 0.288 e. The van der Waals surface area contributed by atoms with E-state index in [0.29, 0.717) is 17.2 Å². The summed E-state index contributed by atoms with van der Waals surface area (Å²) in [6.07, 6.45) is 3.55. The predicted octanol–water partition coefficient (Wildman–Crippen LogP) is 2.86. The standard InChI is InChI=1S/C23H32N4O5/c1-4-5-6-8-18(14-27(31)16-28)22(29)24-15-25-23(30)21-12-11-20(32-21)17-9-7-10-19(13-17)26(2)3/h7,9-13,16,18,31H,4-6,8,14-15H2,1-3H3,(H,24,29)(H,25,30)/t18-/m1/s1. The van der Waals surface area contributed by atoms with E-state index in [1.165, 1.54) is 0 Å². The van der Waals surface area contributed by atoms with Gasteiger partial charge in [-0.1, -0.05) is 38.3 Å². The molecular weight excluding hydrogens is 412 g/mol. The normalized spacial score (nSPS) is 11.5. The minimum absolute atomic E-state index is 0.0966. The van der Waals surface area contributed by atoms with Crippen LogP contribution in [0.3, 0.4) is 0 Å². The number of hydroxylamine groups is 2. The van der Waals surface area contributed by atoms with E-state index < -0.39 is 11.8 Å². The molecule has 1 aromatic carbocycles. The highest BCUT2D eigenvalue weighted by Crippen LogP contribution is 2.25. The molecular formula is C23H32N4O5. The SMILES string of the molecule is CCCCC[C@H](CN(O)C=O)C(=O)NCNC(=O)c1ccc(-c2cccc(N(C)C)c2)o1. The van der Waals surface area contributed by atoms with Gasteiger partial charge in [-0.15, -0.1) is 0 Å². The Bertz CT molecular complexity index is 896. The number of rotatable bonds is 13. The smallest absolute Gasteiger partial charge is 0.288 e. The summed E-state index contributed by atoms with van der Waals surface area (Å²) in [5, 5.41) is 15.1. The van der Waals surface area contributed by atoms with E-state index in [0.717, 1.165) is 30.5 Å². The molecule has 0 saturated heterocycles. The maximum atomic E-state index is 12.4. The third-order valence-corrected chi connectivity index (χ3v) is 5.04. The number of unbranched alkanes of at least 4 members (excludes halogenated alkanes) is 2. The quantitative estimate of drug-likeness (QED) is 0.144. The number of carbonyl (C=O) groups excluding carboxylic acids is 3. The summed E-state index contributed by atoms with van der Waals surface area (Å²) in [5.74, 6) is -0.669. The van der Waals surface area contributed by atoms with Crippen LogP contribution in [0.25, 0.3) is 11.3 Å². The third-order valence-electron chi connectivity index (χ3n) is 5.04. The van der Waals surface area contributed by atoms with Gasteiger partial charge in [-0.3, -0.25) is 19.6 Å². The van der Waals surface area contributed by atoms with Crippen molar-refractivity contribution in [3.63, 3.8) is 0 Å². The number of hydrogen-bond acceptors (Lipinski definition) is 6. The van der Waals surface area contributed by atoms with E-state index in [2.05, 4.69) is 10.6 Å². The van der Waals surface area contributed by atoms with Gasteiger partial charge in [0.25, 0.3) is 5.91 Å². The van der Waals surface area contributed by atoms with Gasteiger partial charge in [-0.25, -0.2) is 5.06 Å². The molecule has 0 unspecified atom stereocenters. The molecule has 1 heterocycles. The molecule has 0 radical (unpaired) electrons. The van der Waals surface area contributed by atoms with Crippen LogP contribution in [0.2, 0.25) is 0 Å². The molecule has 9 heteroatoms. The Morgan fingerprint density at radius 1 is 1.16 bits per heavy atom. The van der Waals surface area contributed by atoms with Crippen LogP contribution in [0.1, 0.15) is 43.2 Å². The Labute approximate surface area is 188 Å². The van der Waals surface area contributed by atoms with Crippen molar-refractivity contribution in [2.45, 2.75) is 32.6 Å². The number of nitrogens with one attached hydrogen (secondary N) is 2. The van der Waals surface area contributed by atoms with E-state index in [9.17, 15) is 19.6 Å². The summed E-state index contributed by atoms with van der Waals surface area (Å²) in [5.41, 5.74) is 1.86. The van der Waals surface area contributed by atoms with E-state index >= 15 is 0 Å². The zero-order chi connectivity index (χ0) is 23.5. The highest BCUT2D eigenvalue weighted by Gasteiger charge is 2.21. The summed E-state index contributed by atoms with van der Waals surface area (Å²) in [7, 11) is 3.89. The highest BCUT2D eigenvalue weighted by molar-refractivity contribution is 5.92. The van der Waals surface area contributed by atoms with Gasteiger partial charge in [0.05, 0.1) is 19.1 Å². The molecule has 2 rings (SSSR count). The Kier molecular flexibility index (Phi) is 9.75. The molecule has 0 aliphatic heterocycles. The Hall–Kier alpha value is -3.33. The predicted molar refractivity (Wildman–Crippen MR) is 121 cm³/mol.